The molecule has 0 saturated carbocycles. The molecule has 2 aromatic rings. The second-order valence-corrected chi connectivity index (χ2v) is 5.37. The first-order chi connectivity index (χ1) is 12.1. The molecule has 1 amide bonds. The van der Waals surface area contributed by atoms with E-state index < -0.39 is 5.97 Å². The topological polar surface area (TPSA) is 76.7 Å². The van der Waals surface area contributed by atoms with E-state index in [0.717, 1.165) is 17.7 Å². The van der Waals surface area contributed by atoms with E-state index in [1.165, 1.54) is 7.11 Å². The fraction of sp³-hybridized carbons (Fsp3) is 0.263. The Hall–Kier alpha value is -3.02. The van der Waals surface area contributed by atoms with Crippen LogP contribution in [-0.2, 0) is 16.0 Å². The number of esters is 1. The largest absolute Gasteiger partial charge is 0.497 e. The van der Waals surface area contributed by atoms with E-state index in [2.05, 4.69) is 15.4 Å². The minimum Gasteiger partial charge on any atom is -0.497 e. The molecule has 0 spiro atoms. The Morgan fingerprint density at radius 1 is 1.04 bits per heavy atom. The Kier molecular flexibility index (Phi) is 6.83. The molecule has 0 saturated heterocycles. The number of carbonyl (C=O) groups is 2. The number of methoxy groups -OCH3 is 2. The van der Waals surface area contributed by atoms with Gasteiger partial charge in [-0.1, -0.05) is 18.2 Å². The van der Waals surface area contributed by atoms with Crippen LogP contribution in [0.25, 0.3) is 0 Å². The van der Waals surface area contributed by atoms with Crippen molar-refractivity contribution in [3.05, 3.63) is 59.7 Å². The van der Waals surface area contributed by atoms with Gasteiger partial charge in [-0.3, -0.25) is 4.79 Å². The summed E-state index contributed by atoms with van der Waals surface area (Å²) in [5.41, 5.74) is 2.25. The molecule has 2 aromatic carbocycles. The maximum Gasteiger partial charge on any atom is 0.337 e. The first-order valence-electron chi connectivity index (χ1n) is 7.94. The number of hydrogen-bond acceptors (Lipinski definition) is 5. The number of amides is 1. The summed E-state index contributed by atoms with van der Waals surface area (Å²) >= 11 is 0. The normalized spacial score (nSPS) is 10.0. The molecule has 0 unspecified atom stereocenters. The van der Waals surface area contributed by atoms with Gasteiger partial charge in [0, 0.05) is 12.2 Å². The van der Waals surface area contributed by atoms with Crippen LogP contribution < -0.4 is 15.4 Å². The van der Waals surface area contributed by atoms with Gasteiger partial charge in [0.1, 0.15) is 5.75 Å². The summed E-state index contributed by atoms with van der Waals surface area (Å²) in [6.07, 6.45) is 0.744. The zero-order chi connectivity index (χ0) is 18.1. The van der Waals surface area contributed by atoms with E-state index in [9.17, 15) is 9.59 Å². The molecule has 6 nitrogen and oxygen atoms in total. The van der Waals surface area contributed by atoms with Gasteiger partial charge in [0.05, 0.1) is 26.3 Å². The Bertz CT molecular complexity index is 714. The van der Waals surface area contributed by atoms with Crippen LogP contribution in [0.1, 0.15) is 15.9 Å². The third kappa shape index (κ3) is 5.84. The monoisotopic (exact) mass is 342 g/mol. The maximum absolute atomic E-state index is 11.9. The molecule has 0 radical (unpaired) electrons. The Labute approximate surface area is 147 Å². The molecule has 0 aliphatic rings. The summed E-state index contributed by atoms with van der Waals surface area (Å²) in [7, 11) is 2.96. The summed E-state index contributed by atoms with van der Waals surface area (Å²) in [6, 6.07) is 14.6. The predicted molar refractivity (Wildman–Crippen MR) is 96.0 cm³/mol. The highest BCUT2D eigenvalue weighted by molar-refractivity contribution is 5.90. The van der Waals surface area contributed by atoms with Gasteiger partial charge in [0.2, 0.25) is 5.91 Å². The number of hydrogen-bond donors (Lipinski definition) is 2. The molecule has 0 bridgehead atoms. The van der Waals surface area contributed by atoms with Crippen molar-refractivity contribution >= 4 is 17.6 Å². The Morgan fingerprint density at radius 3 is 2.48 bits per heavy atom. The van der Waals surface area contributed by atoms with Gasteiger partial charge in [-0.05, 0) is 42.3 Å². The molecule has 0 aliphatic carbocycles. The minimum atomic E-state index is -0.410. The van der Waals surface area contributed by atoms with Crippen molar-refractivity contribution in [3.8, 4) is 5.75 Å². The lowest BCUT2D eigenvalue weighted by Crippen LogP contribution is -2.31. The van der Waals surface area contributed by atoms with Crippen LogP contribution in [0.5, 0.6) is 5.75 Å². The van der Waals surface area contributed by atoms with Crippen molar-refractivity contribution in [1.82, 2.24) is 5.32 Å². The minimum absolute atomic E-state index is 0.114. The SMILES string of the molecule is COC(=O)c1cccc(NCC(=O)NCCc2ccc(OC)cc2)c1. The van der Waals surface area contributed by atoms with Crippen LogP contribution in [0.3, 0.4) is 0 Å². The lowest BCUT2D eigenvalue weighted by molar-refractivity contribution is -0.119. The van der Waals surface area contributed by atoms with Gasteiger partial charge < -0.3 is 20.1 Å². The van der Waals surface area contributed by atoms with E-state index in [1.54, 1.807) is 31.4 Å². The molecule has 0 aliphatic heterocycles. The highest BCUT2D eigenvalue weighted by Gasteiger charge is 2.06. The number of rotatable bonds is 8. The number of nitrogens with one attached hydrogen (secondary N) is 2. The number of carbonyl (C=O) groups excluding carboxylic acids is 2. The van der Waals surface area contributed by atoms with Crippen molar-refractivity contribution in [2.24, 2.45) is 0 Å². The summed E-state index contributed by atoms with van der Waals surface area (Å²) in [5, 5.41) is 5.85. The molecule has 0 atom stereocenters. The average molecular weight is 342 g/mol. The van der Waals surface area contributed by atoms with Crippen molar-refractivity contribution in [2.75, 3.05) is 32.6 Å². The fourth-order valence-corrected chi connectivity index (χ4v) is 2.26. The van der Waals surface area contributed by atoms with Crippen molar-refractivity contribution in [3.63, 3.8) is 0 Å². The molecule has 0 aromatic heterocycles. The molecule has 25 heavy (non-hydrogen) atoms. The lowest BCUT2D eigenvalue weighted by Gasteiger charge is -2.09. The van der Waals surface area contributed by atoms with Gasteiger partial charge >= 0.3 is 5.97 Å². The molecule has 2 rings (SSSR count). The third-order valence-electron chi connectivity index (χ3n) is 3.63. The van der Waals surface area contributed by atoms with E-state index in [0.29, 0.717) is 17.8 Å². The highest BCUT2D eigenvalue weighted by atomic mass is 16.5. The molecule has 0 fully saturated rings. The lowest BCUT2D eigenvalue weighted by atomic mass is 10.1. The van der Waals surface area contributed by atoms with Crippen molar-refractivity contribution < 1.29 is 19.1 Å². The fourth-order valence-electron chi connectivity index (χ4n) is 2.26. The summed E-state index contributed by atoms with van der Waals surface area (Å²) in [4.78, 5) is 23.4. The van der Waals surface area contributed by atoms with Gasteiger partial charge in [-0.15, -0.1) is 0 Å². The highest BCUT2D eigenvalue weighted by Crippen LogP contribution is 2.12. The molecular weight excluding hydrogens is 320 g/mol. The van der Waals surface area contributed by atoms with E-state index in [4.69, 9.17) is 4.74 Å². The smallest absolute Gasteiger partial charge is 0.337 e. The zero-order valence-corrected chi connectivity index (χ0v) is 14.4. The van der Waals surface area contributed by atoms with E-state index in [-0.39, 0.29) is 12.5 Å². The molecular formula is C19H22N2O4. The number of benzene rings is 2. The van der Waals surface area contributed by atoms with Gasteiger partial charge in [0.25, 0.3) is 0 Å². The summed E-state index contributed by atoms with van der Waals surface area (Å²) in [5.74, 6) is 0.288. The number of anilines is 1. The Morgan fingerprint density at radius 2 is 1.80 bits per heavy atom. The average Bonchev–Trinajstić information content (AvgIpc) is 2.66. The van der Waals surface area contributed by atoms with Crippen LogP contribution in [0.15, 0.2) is 48.5 Å². The van der Waals surface area contributed by atoms with Crippen LogP contribution in [0.4, 0.5) is 5.69 Å². The molecule has 6 heteroatoms. The summed E-state index contributed by atoms with van der Waals surface area (Å²) < 4.78 is 9.78. The quantitative estimate of drug-likeness (QED) is 0.720. The standard InChI is InChI=1S/C19H22N2O4/c1-24-17-8-6-14(7-9-17)10-11-20-18(22)13-21-16-5-3-4-15(12-16)19(23)25-2/h3-9,12,21H,10-11,13H2,1-2H3,(H,20,22). The Balaban J connectivity index is 1.74. The first-order valence-corrected chi connectivity index (χ1v) is 7.94. The maximum atomic E-state index is 11.9. The van der Waals surface area contributed by atoms with Crippen LogP contribution >= 0.6 is 0 Å². The second-order valence-electron chi connectivity index (χ2n) is 5.37. The van der Waals surface area contributed by atoms with Crippen LogP contribution in [0.2, 0.25) is 0 Å². The summed E-state index contributed by atoms with van der Waals surface area (Å²) in [6.45, 7) is 0.683. The third-order valence-corrected chi connectivity index (χ3v) is 3.63. The molecule has 132 valence electrons. The van der Waals surface area contributed by atoms with E-state index >= 15 is 0 Å². The van der Waals surface area contributed by atoms with Crippen molar-refractivity contribution in [2.45, 2.75) is 6.42 Å². The van der Waals surface area contributed by atoms with Crippen molar-refractivity contribution in [1.29, 1.82) is 0 Å². The second kappa shape index (κ2) is 9.32. The van der Waals surface area contributed by atoms with E-state index in [1.807, 2.05) is 24.3 Å². The first kappa shape index (κ1) is 18.3. The van der Waals surface area contributed by atoms with Gasteiger partial charge in [-0.25, -0.2) is 4.79 Å². The predicted octanol–water partition coefficient (Wildman–Crippen LogP) is 2.25. The van der Waals surface area contributed by atoms with Crippen LogP contribution in [0, 0.1) is 0 Å². The molecule has 0 heterocycles. The molecule has 2 N–H and O–H groups in total. The van der Waals surface area contributed by atoms with Gasteiger partial charge in [0.15, 0.2) is 0 Å². The zero-order valence-electron chi connectivity index (χ0n) is 14.4. The number of ether oxygens (including phenoxy) is 2. The van der Waals surface area contributed by atoms with Gasteiger partial charge in [-0.2, -0.15) is 0 Å². The van der Waals surface area contributed by atoms with Crippen LogP contribution in [-0.4, -0.2) is 39.2 Å².